The van der Waals surface area contributed by atoms with Crippen molar-refractivity contribution in [2.45, 2.75) is 20.0 Å². The molecule has 0 saturated heterocycles. The predicted molar refractivity (Wildman–Crippen MR) is 124 cm³/mol. The predicted octanol–water partition coefficient (Wildman–Crippen LogP) is 6.37. The smallest absolute Gasteiger partial charge is 0.340 e. The highest BCUT2D eigenvalue weighted by Crippen LogP contribution is 2.33. The lowest BCUT2D eigenvalue weighted by Gasteiger charge is -2.17. The van der Waals surface area contributed by atoms with Crippen molar-refractivity contribution < 1.29 is 23.8 Å². The Morgan fingerprint density at radius 3 is 2.47 bits per heavy atom. The van der Waals surface area contributed by atoms with Crippen LogP contribution in [0.2, 0.25) is 10.0 Å². The number of anilines is 1. The Morgan fingerprint density at radius 1 is 0.969 bits per heavy atom. The van der Waals surface area contributed by atoms with Crippen molar-refractivity contribution in [2.75, 3.05) is 11.9 Å². The molecule has 0 radical (unpaired) electrons. The normalized spacial score (nSPS) is 11.4. The Bertz CT molecular complexity index is 1120. The third-order valence-corrected chi connectivity index (χ3v) is 4.82. The van der Waals surface area contributed by atoms with Gasteiger partial charge in [-0.3, -0.25) is 4.79 Å². The largest absolute Gasteiger partial charge is 0.481 e. The van der Waals surface area contributed by atoms with Crippen LogP contribution in [0.4, 0.5) is 5.69 Å². The van der Waals surface area contributed by atoms with Gasteiger partial charge in [0.25, 0.3) is 5.91 Å². The second kappa shape index (κ2) is 10.9. The summed E-state index contributed by atoms with van der Waals surface area (Å²) in [5.41, 5.74) is 0.617. The molecule has 0 bridgehead atoms. The van der Waals surface area contributed by atoms with Crippen molar-refractivity contribution in [2.24, 2.45) is 0 Å². The van der Waals surface area contributed by atoms with Crippen LogP contribution in [0.3, 0.4) is 0 Å². The summed E-state index contributed by atoms with van der Waals surface area (Å²) in [6, 6.07) is 18.3. The minimum atomic E-state index is -0.848. The molecule has 0 aliphatic rings. The number of ether oxygens (including phenoxy) is 3. The summed E-state index contributed by atoms with van der Waals surface area (Å²) in [6.07, 6.45) is -0.848. The van der Waals surface area contributed by atoms with Gasteiger partial charge in [-0.15, -0.1) is 0 Å². The van der Waals surface area contributed by atoms with Crippen LogP contribution in [-0.4, -0.2) is 24.6 Å². The van der Waals surface area contributed by atoms with Crippen LogP contribution < -0.4 is 14.8 Å². The molecule has 0 aromatic heterocycles. The topological polar surface area (TPSA) is 73.9 Å². The number of hydrogen-bond donors (Lipinski definition) is 1. The van der Waals surface area contributed by atoms with Gasteiger partial charge in [0.05, 0.1) is 22.9 Å². The third kappa shape index (κ3) is 6.15. The minimum absolute atomic E-state index is 0.236. The standard InChI is InChI=1S/C24H21Cl2NO5/c1-3-30-24(29)19-9-4-5-10-21(19)27-23(28)15(2)31-17-7-6-8-18(14-17)32-22-12-11-16(25)13-20(22)26/h4-15H,3H2,1-2H3,(H,27,28). The first-order chi connectivity index (χ1) is 15.4. The maximum absolute atomic E-state index is 12.7. The summed E-state index contributed by atoms with van der Waals surface area (Å²) in [5, 5.41) is 3.59. The molecule has 1 atom stereocenters. The number of carbonyl (C=O) groups is 2. The van der Waals surface area contributed by atoms with Gasteiger partial charge in [0.1, 0.15) is 17.2 Å². The van der Waals surface area contributed by atoms with Crippen molar-refractivity contribution in [1.29, 1.82) is 0 Å². The zero-order valence-corrected chi connectivity index (χ0v) is 18.9. The van der Waals surface area contributed by atoms with Crippen LogP contribution in [0, 0.1) is 0 Å². The molecule has 1 amide bonds. The Balaban J connectivity index is 1.67. The molecule has 3 aromatic carbocycles. The van der Waals surface area contributed by atoms with E-state index in [0.29, 0.717) is 33.0 Å². The van der Waals surface area contributed by atoms with Crippen LogP contribution in [0.25, 0.3) is 0 Å². The number of rotatable bonds is 8. The van der Waals surface area contributed by atoms with Gasteiger partial charge in [0.2, 0.25) is 0 Å². The number of halogens is 2. The first-order valence-electron chi connectivity index (χ1n) is 9.84. The molecule has 0 aliphatic carbocycles. The SMILES string of the molecule is CCOC(=O)c1ccccc1NC(=O)C(C)Oc1cccc(Oc2ccc(Cl)cc2Cl)c1. The van der Waals surface area contributed by atoms with Crippen LogP contribution in [0.15, 0.2) is 66.7 Å². The molecule has 0 saturated carbocycles. The molecule has 0 fully saturated rings. The van der Waals surface area contributed by atoms with Gasteiger partial charge in [0.15, 0.2) is 6.10 Å². The Kier molecular flexibility index (Phi) is 7.98. The van der Waals surface area contributed by atoms with E-state index in [1.54, 1.807) is 80.6 Å². The highest BCUT2D eigenvalue weighted by Gasteiger charge is 2.19. The minimum Gasteiger partial charge on any atom is -0.481 e. The van der Waals surface area contributed by atoms with Crippen molar-refractivity contribution >= 4 is 40.8 Å². The lowest BCUT2D eigenvalue weighted by molar-refractivity contribution is -0.122. The maximum Gasteiger partial charge on any atom is 0.340 e. The Morgan fingerprint density at radius 2 is 1.72 bits per heavy atom. The summed E-state index contributed by atoms with van der Waals surface area (Å²) in [5.74, 6) is 0.409. The molecule has 0 spiro atoms. The van der Waals surface area contributed by atoms with E-state index in [9.17, 15) is 9.59 Å². The summed E-state index contributed by atoms with van der Waals surface area (Å²) in [4.78, 5) is 24.8. The second-order valence-corrected chi connectivity index (χ2v) is 7.51. The van der Waals surface area contributed by atoms with Crippen LogP contribution in [0.1, 0.15) is 24.2 Å². The molecule has 8 heteroatoms. The number of carbonyl (C=O) groups excluding carboxylic acids is 2. The van der Waals surface area contributed by atoms with E-state index >= 15 is 0 Å². The summed E-state index contributed by atoms with van der Waals surface area (Å²) < 4.78 is 16.6. The summed E-state index contributed by atoms with van der Waals surface area (Å²) in [7, 11) is 0. The van der Waals surface area contributed by atoms with Crippen LogP contribution in [0.5, 0.6) is 17.2 Å². The average Bonchev–Trinajstić information content (AvgIpc) is 2.76. The quantitative estimate of drug-likeness (QED) is 0.384. The molecule has 1 N–H and O–H groups in total. The van der Waals surface area contributed by atoms with Crippen LogP contribution in [-0.2, 0) is 9.53 Å². The van der Waals surface area contributed by atoms with E-state index in [2.05, 4.69) is 5.32 Å². The first-order valence-corrected chi connectivity index (χ1v) is 10.6. The molecule has 1 unspecified atom stereocenters. The number of nitrogens with one attached hydrogen (secondary N) is 1. The maximum atomic E-state index is 12.7. The molecule has 166 valence electrons. The molecule has 32 heavy (non-hydrogen) atoms. The van der Waals surface area contributed by atoms with E-state index in [1.807, 2.05) is 0 Å². The second-order valence-electron chi connectivity index (χ2n) is 6.67. The average molecular weight is 474 g/mol. The molecule has 0 aliphatic heterocycles. The van der Waals surface area contributed by atoms with Crippen molar-refractivity contribution in [3.05, 3.63) is 82.3 Å². The Labute approximate surface area is 196 Å². The summed E-state index contributed by atoms with van der Waals surface area (Å²) in [6.45, 7) is 3.56. The molecule has 6 nitrogen and oxygen atoms in total. The Hall–Kier alpha value is -3.22. The lowest BCUT2D eigenvalue weighted by Crippen LogP contribution is -2.30. The molecule has 0 heterocycles. The number of benzene rings is 3. The third-order valence-electron chi connectivity index (χ3n) is 4.29. The monoisotopic (exact) mass is 473 g/mol. The zero-order valence-electron chi connectivity index (χ0n) is 17.4. The highest BCUT2D eigenvalue weighted by atomic mass is 35.5. The van der Waals surface area contributed by atoms with Crippen LogP contribution >= 0.6 is 23.2 Å². The van der Waals surface area contributed by atoms with Gasteiger partial charge >= 0.3 is 5.97 Å². The highest BCUT2D eigenvalue weighted by molar-refractivity contribution is 6.35. The van der Waals surface area contributed by atoms with E-state index in [1.165, 1.54) is 0 Å². The van der Waals surface area contributed by atoms with E-state index < -0.39 is 18.0 Å². The first kappa shape index (κ1) is 23.4. The van der Waals surface area contributed by atoms with E-state index in [4.69, 9.17) is 37.4 Å². The van der Waals surface area contributed by atoms with Crippen molar-refractivity contribution in [3.8, 4) is 17.2 Å². The fraction of sp³-hybridized carbons (Fsp3) is 0.167. The molecular weight excluding hydrogens is 453 g/mol. The van der Waals surface area contributed by atoms with Gasteiger partial charge in [-0.2, -0.15) is 0 Å². The van der Waals surface area contributed by atoms with E-state index in [0.717, 1.165) is 0 Å². The van der Waals surface area contributed by atoms with Crippen molar-refractivity contribution in [3.63, 3.8) is 0 Å². The fourth-order valence-corrected chi connectivity index (χ4v) is 3.21. The van der Waals surface area contributed by atoms with Gasteiger partial charge < -0.3 is 19.5 Å². The number of hydrogen-bond acceptors (Lipinski definition) is 5. The van der Waals surface area contributed by atoms with Gasteiger partial charge in [-0.05, 0) is 56.3 Å². The molecular formula is C24H21Cl2NO5. The lowest BCUT2D eigenvalue weighted by atomic mass is 10.1. The molecule has 3 aromatic rings. The fourth-order valence-electron chi connectivity index (χ4n) is 2.77. The van der Waals surface area contributed by atoms with Gasteiger partial charge in [0, 0.05) is 11.1 Å². The van der Waals surface area contributed by atoms with Gasteiger partial charge in [-0.1, -0.05) is 41.4 Å². The molecule has 3 rings (SSSR count). The number of para-hydroxylation sites is 1. The van der Waals surface area contributed by atoms with Gasteiger partial charge in [-0.25, -0.2) is 4.79 Å². The summed E-state index contributed by atoms with van der Waals surface area (Å²) >= 11 is 12.1. The zero-order chi connectivity index (χ0) is 23.1. The number of esters is 1. The van der Waals surface area contributed by atoms with E-state index in [-0.39, 0.29) is 12.2 Å². The van der Waals surface area contributed by atoms with Crippen molar-refractivity contribution in [1.82, 2.24) is 0 Å². The number of amides is 1.